The van der Waals surface area contributed by atoms with E-state index in [4.69, 9.17) is 21.1 Å². The Morgan fingerprint density at radius 1 is 0.816 bits per heavy atom. The van der Waals surface area contributed by atoms with Gasteiger partial charge < -0.3 is 19.7 Å². The number of carbonyl (C=O) groups excluding carboxylic acids is 2. The highest BCUT2D eigenvalue weighted by Crippen LogP contribution is 2.27. The molecule has 7 heteroatoms. The topological polar surface area (TPSA) is 67.9 Å². The summed E-state index contributed by atoms with van der Waals surface area (Å²) in [5, 5.41) is 3.41. The first-order valence-corrected chi connectivity index (χ1v) is 12.6. The zero-order chi connectivity index (χ0) is 26.7. The predicted molar refractivity (Wildman–Crippen MR) is 148 cm³/mol. The van der Waals surface area contributed by atoms with Crippen LogP contribution in [-0.4, -0.2) is 30.4 Å². The maximum atomic E-state index is 13.7. The Morgan fingerprint density at radius 2 is 1.45 bits per heavy atom. The number of hydrogen-bond acceptors (Lipinski definition) is 4. The number of halogens is 1. The van der Waals surface area contributed by atoms with Gasteiger partial charge in [-0.3, -0.25) is 9.59 Å². The Balaban J connectivity index is 1.64. The summed E-state index contributed by atoms with van der Waals surface area (Å²) in [7, 11) is 1.60. The van der Waals surface area contributed by atoms with Crippen LogP contribution in [0.5, 0.6) is 11.5 Å². The molecule has 0 heterocycles. The van der Waals surface area contributed by atoms with Gasteiger partial charge in [-0.15, -0.1) is 0 Å². The molecule has 4 aromatic carbocycles. The van der Waals surface area contributed by atoms with Crippen molar-refractivity contribution in [1.82, 2.24) is 10.2 Å². The van der Waals surface area contributed by atoms with Crippen molar-refractivity contribution in [2.45, 2.75) is 19.1 Å². The second kappa shape index (κ2) is 13.3. The lowest BCUT2D eigenvalue weighted by Gasteiger charge is -2.31. The smallest absolute Gasteiger partial charge is 0.261 e. The van der Waals surface area contributed by atoms with Crippen LogP contribution in [-0.2, 0) is 22.7 Å². The van der Waals surface area contributed by atoms with Crippen LogP contribution in [0, 0.1) is 0 Å². The number of para-hydroxylation sites is 1. The van der Waals surface area contributed by atoms with E-state index in [1.807, 2.05) is 84.9 Å². The molecule has 0 bridgehead atoms. The van der Waals surface area contributed by atoms with E-state index < -0.39 is 6.04 Å². The summed E-state index contributed by atoms with van der Waals surface area (Å²) in [6.45, 7) is 0.242. The van der Waals surface area contributed by atoms with Crippen LogP contribution < -0.4 is 14.8 Å². The molecule has 4 rings (SSSR count). The molecule has 1 N–H and O–H groups in total. The molecule has 0 aliphatic heterocycles. The van der Waals surface area contributed by atoms with Crippen molar-refractivity contribution in [3.05, 3.63) is 131 Å². The predicted octanol–water partition coefficient (Wildman–Crippen LogP) is 5.81. The van der Waals surface area contributed by atoms with Crippen LogP contribution in [0.4, 0.5) is 0 Å². The minimum atomic E-state index is -0.885. The zero-order valence-corrected chi connectivity index (χ0v) is 21.8. The average Bonchev–Trinajstić information content (AvgIpc) is 2.96. The zero-order valence-electron chi connectivity index (χ0n) is 21.0. The summed E-state index contributed by atoms with van der Waals surface area (Å²) in [5.41, 5.74) is 2.49. The summed E-state index contributed by atoms with van der Waals surface area (Å²) < 4.78 is 11.0. The van der Waals surface area contributed by atoms with Crippen LogP contribution in [0.15, 0.2) is 109 Å². The molecule has 0 aliphatic rings. The van der Waals surface area contributed by atoms with Gasteiger partial charge in [0.05, 0.1) is 12.1 Å². The normalized spacial score (nSPS) is 11.3. The van der Waals surface area contributed by atoms with Crippen LogP contribution >= 0.6 is 11.6 Å². The molecule has 0 radical (unpaired) electrons. The summed E-state index contributed by atoms with van der Waals surface area (Å²) >= 11 is 6.23. The Labute approximate surface area is 227 Å². The standard InChI is InChI=1S/C31H29ClN2O4/c1-37-26-18-16-24(17-19-26)21-34(29(35)22-38-28-15-9-8-14-27(28)32)30(25-12-6-3-7-13-25)31(36)33-20-23-10-4-2-5-11-23/h2-19,30H,20-22H2,1H3,(H,33,36). The lowest BCUT2D eigenvalue weighted by Crippen LogP contribution is -2.45. The third-order valence-corrected chi connectivity index (χ3v) is 6.32. The van der Waals surface area contributed by atoms with Gasteiger partial charge in [0.2, 0.25) is 5.91 Å². The third kappa shape index (κ3) is 7.14. The van der Waals surface area contributed by atoms with Crippen molar-refractivity contribution < 1.29 is 19.1 Å². The molecular weight excluding hydrogens is 500 g/mol. The van der Waals surface area contributed by atoms with Gasteiger partial charge in [-0.1, -0.05) is 96.5 Å². The van der Waals surface area contributed by atoms with Crippen LogP contribution in [0.1, 0.15) is 22.7 Å². The second-order valence-electron chi connectivity index (χ2n) is 8.61. The van der Waals surface area contributed by atoms with Gasteiger partial charge in [0.1, 0.15) is 17.5 Å². The SMILES string of the molecule is COc1ccc(CN(C(=O)COc2ccccc2Cl)C(C(=O)NCc2ccccc2)c2ccccc2)cc1. The van der Waals surface area contributed by atoms with E-state index in [0.29, 0.717) is 28.6 Å². The van der Waals surface area contributed by atoms with Crippen LogP contribution in [0.25, 0.3) is 0 Å². The van der Waals surface area contributed by atoms with Crippen molar-refractivity contribution in [3.63, 3.8) is 0 Å². The minimum absolute atomic E-state index is 0.188. The van der Waals surface area contributed by atoms with Crippen LogP contribution in [0.3, 0.4) is 0 Å². The first-order valence-electron chi connectivity index (χ1n) is 12.2. The number of benzene rings is 4. The molecule has 2 amide bonds. The molecule has 0 fully saturated rings. The number of carbonyl (C=O) groups is 2. The molecular formula is C31H29ClN2O4. The fourth-order valence-corrected chi connectivity index (χ4v) is 4.22. The number of methoxy groups -OCH3 is 1. The molecule has 0 aliphatic carbocycles. The van der Waals surface area contributed by atoms with Gasteiger partial charge in [0.15, 0.2) is 6.61 Å². The quantitative estimate of drug-likeness (QED) is 0.266. The number of rotatable bonds is 11. The Kier molecular flexibility index (Phi) is 9.37. The summed E-state index contributed by atoms with van der Waals surface area (Å²) in [5.74, 6) is 0.453. The summed E-state index contributed by atoms with van der Waals surface area (Å²) in [4.78, 5) is 28.9. The third-order valence-electron chi connectivity index (χ3n) is 6.01. The van der Waals surface area contributed by atoms with E-state index in [1.54, 1.807) is 31.4 Å². The van der Waals surface area contributed by atoms with Gasteiger partial charge >= 0.3 is 0 Å². The second-order valence-corrected chi connectivity index (χ2v) is 9.01. The lowest BCUT2D eigenvalue weighted by atomic mass is 10.0. The molecule has 1 atom stereocenters. The van der Waals surface area contributed by atoms with E-state index in [0.717, 1.165) is 11.1 Å². The Bertz CT molecular complexity index is 1330. The van der Waals surface area contributed by atoms with Gasteiger partial charge in [0, 0.05) is 13.1 Å². The van der Waals surface area contributed by atoms with E-state index >= 15 is 0 Å². The minimum Gasteiger partial charge on any atom is -0.497 e. The number of hydrogen-bond donors (Lipinski definition) is 1. The number of amides is 2. The van der Waals surface area contributed by atoms with Crippen molar-refractivity contribution in [3.8, 4) is 11.5 Å². The van der Waals surface area contributed by atoms with E-state index in [1.165, 1.54) is 4.90 Å². The fourth-order valence-electron chi connectivity index (χ4n) is 4.03. The van der Waals surface area contributed by atoms with Crippen molar-refractivity contribution in [2.75, 3.05) is 13.7 Å². The average molecular weight is 529 g/mol. The summed E-state index contributed by atoms with van der Waals surface area (Å²) in [6, 6.07) is 32.4. The molecule has 0 aromatic heterocycles. The van der Waals surface area contributed by atoms with Crippen molar-refractivity contribution >= 4 is 23.4 Å². The maximum Gasteiger partial charge on any atom is 0.261 e. The molecule has 4 aromatic rings. The molecule has 194 valence electrons. The number of nitrogens with zero attached hydrogens (tertiary/aromatic N) is 1. The highest BCUT2D eigenvalue weighted by molar-refractivity contribution is 6.32. The largest absolute Gasteiger partial charge is 0.497 e. The van der Waals surface area contributed by atoms with E-state index in [9.17, 15) is 9.59 Å². The van der Waals surface area contributed by atoms with Crippen LogP contribution in [0.2, 0.25) is 5.02 Å². The lowest BCUT2D eigenvalue weighted by molar-refractivity contribution is -0.143. The van der Waals surface area contributed by atoms with Gasteiger partial charge in [0.25, 0.3) is 5.91 Å². The highest BCUT2D eigenvalue weighted by atomic mass is 35.5. The molecule has 1 unspecified atom stereocenters. The van der Waals surface area contributed by atoms with E-state index in [-0.39, 0.29) is 25.0 Å². The van der Waals surface area contributed by atoms with Gasteiger partial charge in [-0.2, -0.15) is 0 Å². The maximum absolute atomic E-state index is 13.7. The Morgan fingerprint density at radius 3 is 2.11 bits per heavy atom. The van der Waals surface area contributed by atoms with Gasteiger partial charge in [-0.05, 0) is 41.0 Å². The Hall–Kier alpha value is -4.29. The first kappa shape index (κ1) is 26.8. The monoisotopic (exact) mass is 528 g/mol. The van der Waals surface area contributed by atoms with Gasteiger partial charge in [-0.25, -0.2) is 0 Å². The molecule has 0 saturated heterocycles. The molecule has 0 saturated carbocycles. The first-order chi connectivity index (χ1) is 18.5. The van der Waals surface area contributed by atoms with Crippen molar-refractivity contribution in [2.24, 2.45) is 0 Å². The molecule has 38 heavy (non-hydrogen) atoms. The summed E-state index contributed by atoms with van der Waals surface area (Å²) in [6.07, 6.45) is 0. The highest BCUT2D eigenvalue weighted by Gasteiger charge is 2.32. The molecule has 0 spiro atoms. The number of nitrogens with one attached hydrogen (secondary N) is 1. The van der Waals surface area contributed by atoms with E-state index in [2.05, 4.69) is 5.32 Å². The van der Waals surface area contributed by atoms with Crippen molar-refractivity contribution in [1.29, 1.82) is 0 Å². The number of ether oxygens (including phenoxy) is 2. The fraction of sp³-hybridized carbons (Fsp3) is 0.161. The molecule has 6 nitrogen and oxygen atoms in total.